The Morgan fingerprint density at radius 2 is 2.00 bits per heavy atom. The molecule has 24 heavy (non-hydrogen) atoms. The fourth-order valence-electron chi connectivity index (χ4n) is 2.93. The molecule has 0 bridgehead atoms. The summed E-state index contributed by atoms with van der Waals surface area (Å²) in [6.07, 6.45) is 4.47. The van der Waals surface area contributed by atoms with E-state index < -0.39 is 6.04 Å². The van der Waals surface area contributed by atoms with Crippen molar-refractivity contribution < 1.29 is 19.1 Å². The van der Waals surface area contributed by atoms with E-state index in [0.29, 0.717) is 25.8 Å². The third-order valence-corrected chi connectivity index (χ3v) is 4.43. The molecule has 0 aromatic carbocycles. The number of carbonyl (C=O) groups excluding carboxylic acids is 3. The lowest BCUT2D eigenvalue weighted by atomic mass is 10.1. The Kier molecular flexibility index (Phi) is 8.74. The first-order valence-electron chi connectivity index (χ1n) is 8.79. The molecule has 1 aliphatic heterocycles. The van der Waals surface area contributed by atoms with Crippen LogP contribution < -0.4 is 11.1 Å². The van der Waals surface area contributed by atoms with E-state index in [2.05, 4.69) is 12.2 Å². The normalized spacial score (nSPS) is 21.5. The number of nitrogens with zero attached hydrogens (tertiary/aromatic N) is 1. The van der Waals surface area contributed by atoms with E-state index in [9.17, 15) is 14.4 Å². The lowest BCUT2D eigenvalue weighted by molar-refractivity contribution is -0.138. The molecule has 3 atom stereocenters. The summed E-state index contributed by atoms with van der Waals surface area (Å²) in [5.41, 5.74) is 5.13. The molecule has 0 radical (unpaired) electrons. The van der Waals surface area contributed by atoms with E-state index in [1.54, 1.807) is 12.0 Å². The van der Waals surface area contributed by atoms with Crippen molar-refractivity contribution >= 4 is 17.7 Å². The fraction of sp³-hybridized carbons (Fsp3) is 0.824. The van der Waals surface area contributed by atoms with Crippen LogP contribution in [0.1, 0.15) is 58.8 Å². The van der Waals surface area contributed by atoms with Crippen LogP contribution in [-0.4, -0.2) is 54.5 Å². The predicted octanol–water partition coefficient (Wildman–Crippen LogP) is 0.953. The molecule has 3 amide bonds. The quantitative estimate of drug-likeness (QED) is 0.578. The zero-order valence-corrected chi connectivity index (χ0v) is 15.0. The van der Waals surface area contributed by atoms with Gasteiger partial charge in [-0.05, 0) is 19.8 Å². The number of likely N-dealkylation sites (tertiary alicyclic amines) is 1. The van der Waals surface area contributed by atoms with Gasteiger partial charge in [0.05, 0.1) is 6.10 Å². The minimum Gasteiger partial charge on any atom is -0.380 e. The number of primary amides is 1. The first-order chi connectivity index (χ1) is 11.4. The molecule has 138 valence electrons. The Bertz CT molecular complexity index is 442. The molecule has 1 aliphatic rings. The Morgan fingerprint density at radius 3 is 2.58 bits per heavy atom. The number of nitrogens with one attached hydrogen (secondary N) is 1. The van der Waals surface area contributed by atoms with Gasteiger partial charge in [0.1, 0.15) is 6.04 Å². The Labute approximate surface area is 144 Å². The number of amides is 3. The second-order valence-electron chi connectivity index (χ2n) is 6.53. The zero-order valence-electron chi connectivity index (χ0n) is 15.0. The standard InChI is InChI=1S/C17H31N3O4/c1-4-5-6-7-16(22)20-11-13(24-3)10-14(20)17(23)19-12(2)8-9-15(18)21/h12-14H,4-11H2,1-3H3,(H2,18,21)(H,19,23). The fourth-order valence-corrected chi connectivity index (χ4v) is 2.93. The van der Waals surface area contributed by atoms with Gasteiger partial charge in [0, 0.05) is 39.0 Å². The Morgan fingerprint density at radius 1 is 1.29 bits per heavy atom. The average molecular weight is 341 g/mol. The van der Waals surface area contributed by atoms with Crippen LogP contribution in [0.4, 0.5) is 0 Å². The van der Waals surface area contributed by atoms with Gasteiger partial charge in [0.15, 0.2) is 0 Å². The maximum Gasteiger partial charge on any atom is 0.243 e. The van der Waals surface area contributed by atoms with E-state index in [-0.39, 0.29) is 36.3 Å². The molecule has 0 saturated carbocycles. The summed E-state index contributed by atoms with van der Waals surface area (Å²) < 4.78 is 5.35. The van der Waals surface area contributed by atoms with E-state index in [4.69, 9.17) is 10.5 Å². The van der Waals surface area contributed by atoms with Gasteiger partial charge in [-0.3, -0.25) is 14.4 Å². The van der Waals surface area contributed by atoms with Crippen molar-refractivity contribution in [2.45, 2.75) is 77.0 Å². The van der Waals surface area contributed by atoms with Crippen LogP contribution in [0.25, 0.3) is 0 Å². The van der Waals surface area contributed by atoms with Crippen molar-refractivity contribution in [3.8, 4) is 0 Å². The molecule has 1 saturated heterocycles. The molecule has 0 aromatic heterocycles. The minimum atomic E-state index is -0.500. The minimum absolute atomic E-state index is 0.00735. The highest BCUT2D eigenvalue weighted by Crippen LogP contribution is 2.22. The lowest BCUT2D eigenvalue weighted by Gasteiger charge is -2.25. The summed E-state index contributed by atoms with van der Waals surface area (Å²) >= 11 is 0. The molecule has 0 aromatic rings. The maximum atomic E-state index is 12.5. The van der Waals surface area contributed by atoms with Crippen LogP contribution >= 0.6 is 0 Å². The number of hydrogen-bond acceptors (Lipinski definition) is 4. The molecular weight excluding hydrogens is 310 g/mol. The average Bonchev–Trinajstić information content (AvgIpc) is 2.97. The molecule has 0 aliphatic carbocycles. The molecule has 1 rings (SSSR count). The highest BCUT2D eigenvalue weighted by atomic mass is 16.5. The summed E-state index contributed by atoms with van der Waals surface area (Å²) in [7, 11) is 1.60. The largest absolute Gasteiger partial charge is 0.380 e. The van der Waals surface area contributed by atoms with Crippen LogP contribution in [0, 0.1) is 0 Å². The van der Waals surface area contributed by atoms with E-state index in [0.717, 1.165) is 19.3 Å². The Hall–Kier alpha value is -1.63. The van der Waals surface area contributed by atoms with E-state index >= 15 is 0 Å². The summed E-state index contributed by atoms with van der Waals surface area (Å²) in [4.78, 5) is 37.4. The summed E-state index contributed by atoms with van der Waals surface area (Å²) in [6.45, 7) is 4.37. The number of carbonyl (C=O) groups is 3. The van der Waals surface area contributed by atoms with Gasteiger partial charge in [-0.25, -0.2) is 0 Å². The van der Waals surface area contributed by atoms with Gasteiger partial charge in [-0.15, -0.1) is 0 Å². The van der Waals surface area contributed by atoms with Crippen LogP contribution in [0.5, 0.6) is 0 Å². The summed E-state index contributed by atoms with van der Waals surface area (Å²) in [5, 5.41) is 2.88. The van der Waals surface area contributed by atoms with E-state index in [1.165, 1.54) is 0 Å². The van der Waals surface area contributed by atoms with Gasteiger partial charge >= 0.3 is 0 Å². The van der Waals surface area contributed by atoms with Crippen molar-refractivity contribution in [1.82, 2.24) is 10.2 Å². The molecule has 3 N–H and O–H groups in total. The van der Waals surface area contributed by atoms with Crippen LogP contribution in [0.3, 0.4) is 0 Å². The predicted molar refractivity (Wildman–Crippen MR) is 91.1 cm³/mol. The van der Waals surface area contributed by atoms with Crippen LogP contribution in [0.2, 0.25) is 0 Å². The van der Waals surface area contributed by atoms with Gasteiger partial charge in [0.25, 0.3) is 0 Å². The molecule has 7 nitrogen and oxygen atoms in total. The monoisotopic (exact) mass is 341 g/mol. The maximum absolute atomic E-state index is 12.5. The van der Waals surface area contributed by atoms with Crippen LogP contribution in [-0.2, 0) is 19.1 Å². The van der Waals surface area contributed by atoms with E-state index in [1.807, 2.05) is 6.92 Å². The van der Waals surface area contributed by atoms with Crippen molar-refractivity contribution in [2.24, 2.45) is 5.73 Å². The molecule has 7 heteroatoms. The summed E-state index contributed by atoms with van der Waals surface area (Å²) in [5.74, 6) is -0.563. The van der Waals surface area contributed by atoms with Crippen molar-refractivity contribution in [1.29, 1.82) is 0 Å². The molecule has 3 unspecified atom stereocenters. The van der Waals surface area contributed by atoms with Crippen molar-refractivity contribution in [2.75, 3.05) is 13.7 Å². The van der Waals surface area contributed by atoms with Gasteiger partial charge in [-0.2, -0.15) is 0 Å². The molecule has 1 fully saturated rings. The highest BCUT2D eigenvalue weighted by molar-refractivity contribution is 5.88. The van der Waals surface area contributed by atoms with Gasteiger partial charge in [0.2, 0.25) is 17.7 Å². The van der Waals surface area contributed by atoms with Gasteiger partial charge in [-0.1, -0.05) is 19.8 Å². The SMILES string of the molecule is CCCCCC(=O)N1CC(OC)CC1C(=O)NC(C)CCC(N)=O. The number of rotatable bonds is 10. The number of hydrogen-bond donors (Lipinski definition) is 2. The zero-order chi connectivity index (χ0) is 18.1. The number of ether oxygens (including phenoxy) is 1. The number of methoxy groups -OCH3 is 1. The molecule has 1 heterocycles. The second kappa shape index (κ2) is 10.3. The molecular formula is C17H31N3O4. The summed E-state index contributed by atoms with van der Waals surface area (Å²) in [6, 6.07) is -0.663. The smallest absolute Gasteiger partial charge is 0.243 e. The Balaban J connectivity index is 2.61. The topological polar surface area (TPSA) is 102 Å². The third kappa shape index (κ3) is 6.47. The first kappa shape index (κ1) is 20.4. The lowest BCUT2D eigenvalue weighted by Crippen LogP contribution is -2.48. The van der Waals surface area contributed by atoms with Crippen LogP contribution in [0.15, 0.2) is 0 Å². The highest BCUT2D eigenvalue weighted by Gasteiger charge is 2.39. The first-order valence-corrected chi connectivity index (χ1v) is 8.79. The van der Waals surface area contributed by atoms with Gasteiger partial charge < -0.3 is 20.7 Å². The van der Waals surface area contributed by atoms with Crippen molar-refractivity contribution in [3.63, 3.8) is 0 Å². The molecule has 0 spiro atoms. The number of nitrogens with two attached hydrogens (primary N) is 1. The number of unbranched alkanes of at least 4 members (excludes halogenated alkanes) is 2. The third-order valence-electron chi connectivity index (χ3n) is 4.43. The second-order valence-corrected chi connectivity index (χ2v) is 6.53. The van der Waals surface area contributed by atoms with Crippen molar-refractivity contribution in [3.05, 3.63) is 0 Å².